The third kappa shape index (κ3) is 3.42. The standard InChI is InChI=1S/C10H15ClN2O/c1-10(2,3)7-12-9-6-8(11)4-5-13(9)14/h4-6,14H,7H2,1-3H3/p+1. The minimum Gasteiger partial charge on any atom is -0.350 e. The summed E-state index contributed by atoms with van der Waals surface area (Å²) in [6.45, 7) is 7.12. The van der Waals surface area contributed by atoms with Gasteiger partial charge in [0.05, 0.1) is 11.6 Å². The number of hydrogen-bond acceptors (Lipinski definition) is 2. The van der Waals surface area contributed by atoms with E-state index in [1.165, 1.54) is 6.20 Å². The molecule has 3 nitrogen and oxygen atoms in total. The van der Waals surface area contributed by atoms with E-state index < -0.39 is 0 Å². The second-order valence-electron chi connectivity index (χ2n) is 4.49. The molecule has 78 valence electrons. The fourth-order valence-corrected chi connectivity index (χ4v) is 1.11. The molecule has 0 fully saturated rings. The Morgan fingerprint density at radius 1 is 1.50 bits per heavy atom. The van der Waals surface area contributed by atoms with Crippen molar-refractivity contribution in [3.8, 4) is 0 Å². The number of nitrogens with one attached hydrogen (secondary N) is 1. The van der Waals surface area contributed by atoms with Crippen LogP contribution in [0.15, 0.2) is 18.3 Å². The van der Waals surface area contributed by atoms with E-state index in [9.17, 15) is 5.21 Å². The van der Waals surface area contributed by atoms with E-state index in [-0.39, 0.29) is 5.41 Å². The van der Waals surface area contributed by atoms with Gasteiger partial charge < -0.3 is 5.21 Å². The molecule has 4 heteroatoms. The highest BCUT2D eigenvalue weighted by atomic mass is 35.5. The summed E-state index contributed by atoms with van der Waals surface area (Å²) >= 11 is 5.80. The Morgan fingerprint density at radius 3 is 2.71 bits per heavy atom. The van der Waals surface area contributed by atoms with Crippen LogP contribution in [0, 0.1) is 5.41 Å². The zero-order chi connectivity index (χ0) is 10.8. The summed E-state index contributed by atoms with van der Waals surface area (Å²) in [7, 11) is 0. The molecular formula is C10H16ClN2O+. The van der Waals surface area contributed by atoms with E-state index >= 15 is 0 Å². The van der Waals surface area contributed by atoms with Crippen LogP contribution in [-0.4, -0.2) is 11.8 Å². The lowest BCUT2D eigenvalue weighted by molar-refractivity contribution is -0.893. The van der Waals surface area contributed by atoms with Crippen molar-refractivity contribution in [1.29, 1.82) is 0 Å². The molecule has 0 aliphatic rings. The van der Waals surface area contributed by atoms with E-state index in [0.717, 1.165) is 11.3 Å². The summed E-state index contributed by atoms with van der Waals surface area (Å²) in [6, 6.07) is 3.32. The van der Waals surface area contributed by atoms with Gasteiger partial charge in [0.25, 0.3) is 0 Å². The van der Waals surface area contributed by atoms with Crippen molar-refractivity contribution in [3.63, 3.8) is 0 Å². The van der Waals surface area contributed by atoms with E-state index in [2.05, 4.69) is 26.1 Å². The van der Waals surface area contributed by atoms with E-state index in [4.69, 9.17) is 11.6 Å². The van der Waals surface area contributed by atoms with Gasteiger partial charge in [0.1, 0.15) is 6.20 Å². The lowest BCUT2D eigenvalue weighted by atomic mass is 9.97. The molecule has 0 saturated carbocycles. The molecule has 0 spiro atoms. The fraction of sp³-hybridized carbons (Fsp3) is 0.500. The molecule has 1 heterocycles. The van der Waals surface area contributed by atoms with Crippen molar-refractivity contribution in [2.45, 2.75) is 20.8 Å². The summed E-state index contributed by atoms with van der Waals surface area (Å²) in [5.74, 6) is 0.604. The molecule has 1 aromatic rings. The van der Waals surface area contributed by atoms with E-state index in [1.54, 1.807) is 12.1 Å². The average molecular weight is 216 g/mol. The molecule has 2 N–H and O–H groups in total. The van der Waals surface area contributed by atoms with Crippen LogP contribution in [-0.2, 0) is 0 Å². The molecule has 0 amide bonds. The molecule has 0 saturated heterocycles. The van der Waals surface area contributed by atoms with E-state index in [0.29, 0.717) is 10.8 Å². The number of pyridine rings is 1. The molecule has 14 heavy (non-hydrogen) atoms. The fourth-order valence-electron chi connectivity index (χ4n) is 0.955. The Morgan fingerprint density at radius 2 is 2.14 bits per heavy atom. The molecule has 1 aromatic heterocycles. The van der Waals surface area contributed by atoms with Gasteiger partial charge in [-0.2, -0.15) is 0 Å². The number of rotatable bonds is 2. The van der Waals surface area contributed by atoms with Gasteiger partial charge >= 0.3 is 5.82 Å². The number of aromatic nitrogens is 1. The maximum Gasteiger partial charge on any atom is 0.315 e. The summed E-state index contributed by atoms with van der Waals surface area (Å²) in [4.78, 5) is 0. The summed E-state index contributed by atoms with van der Waals surface area (Å²) in [5.41, 5.74) is 0.162. The second-order valence-corrected chi connectivity index (χ2v) is 4.93. The van der Waals surface area contributed by atoms with E-state index in [1.807, 2.05) is 0 Å². The molecule has 0 aromatic carbocycles. The van der Waals surface area contributed by atoms with Crippen LogP contribution < -0.4 is 10.0 Å². The van der Waals surface area contributed by atoms with Crippen LogP contribution in [0.4, 0.5) is 5.82 Å². The van der Waals surface area contributed by atoms with Crippen molar-refractivity contribution in [2.75, 3.05) is 11.9 Å². The molecule has 0 aliphatic heterocycles. The lowest BCUT2D eigenvalue weighted by Gasteiger charge is -2.15. The largest absolute Gasteiger partial charge is 0.350 e. The van der Waals surface area contributed by atoms with Crippen LogP contribution in [0.2, 0.25) is 5.02 Å². The Kier molecular flexibility index (Phi) is 3.21. The molecule has 1 rings (SSSR count). The molecule has 0 atom stereocenters. The topological polar surface area (TPSA) is 36.1 Å². The molecular weight excluding hydrogens is 200 g/mol. The number of hydrogen-bond donors (Lipinski definition) is 2. The minimum atomic E-state index is 0.162. The van der Waals surface area contributed by atoms with Gasteiger partial charge in [0, 0.05) is 12.1 Å². The van der Waals surface area contributed by atoms with Gasteiger partial charge in [-0.05, 0) is 5.41 Å². The SMILES string of the molecule is CC(C)(C)CNc1cc(Cl)cc[n+]1O. The summed E-state index contributed by atoms with van der Waals surface area (Å²) in [6.07, 6.45) is 1.51. The van der Waals surface area contributed by atoms with Crippen LogP contribution in [0.3, 0.4) is 0 Å². The minimum absolute atomic E-state index is 0.162. The first-order valence-corrected chi connectivity index (χ1v) is 4.91. The molecule has 0 radical (unpaired) electrons. The third-order valence-corrected chi connectivity index (χ3v) is 1.93. The molecule has 0 unspecified atom stereocenters. The average Bonchev–Trinajstić information content (AvgIpc) is 2.05. The highest BCUT2D eigenvalue weighted by Crippen LogP contribution is 2.15. The van der Waals surface area contributed by atoms with Gasteiger partial charge in [0.15, 0.2) is 0 Å². The Bertz CT molecular complexity index is 320. The van der Waals surface area contributed by atoms with Gasteiger partial charge in [-0.15, -0.1) is 0 Å². The van der Waals surface area contributed by atoms with Crippen molar-refractivity contribution in [2.24, 2.45) is 5.41 Å². The maximum absolute atomic E-state index is 9.43. The van der Waals surface area contributed by atoms with Crippen LogP contribution in [0.5, 0.6) is 0 Å². The van der Waals surface area contributed by atoms with Crippen molar-refractivity contribution in [1.82, 2.24) is 0 Å². The normalized spacial score (nSPS) is 11.4. The number of anilines is 1. The molecule has 0 aliphatic carbocycles. The first-order chi connectivity index (χ1) is 6.38. The van der Waals surface area contributed by atoms with Crippen molar-refractivity contribution >= 4 is 17.4 Å². The zero-order valence-corrected chi connectivity index (χ0v) is 9.47. The third-order valence-electron chi connectivity index (χ3n) is 1.70. The first kappa shape index (κ1) is 11.1. The molecule has 0 bridgehead atoms. The number of halogens is 1. The zero-order valence-electron chi connectivity index (χ0n) is 8.71. The predicted molar refractivity (Wildman–Crippen MR) is 56.8 cm³/mol. The van der Waals surface area contributed by atoms with Gasteiger partial charge in [-0.1, -0.05) is 37.1 Å². The Labute approximate surface area is 89.3 Å². The maximum atomic E-state index is 9.43. The lowest BCUT2D eigenvalue weighted by Crippen LogP contribution is -2.35. The monoisotopic (exact) mass is 215 g/mol. The highest BCUT2D eigenvalue weighted by molar-refractivity contribution is 6.30. The second kappa shape index (κ2) is 4.05. The summed E-state index contributed by atoms with van der Waals surface area (Å²) < 4.78 is 1.03. The number of nitrogens with zero attached hydrogens (tertiary/aromatic N) is 1. The Balaban J connectivity index is 2.72. The van der Waals surface area contributed by atoms with Gasteiger partial charge in [-0.3, -0.25) is 5.32 Å². The van der Waals surface area contributed by atoms with Crippen molar-refractivity contribution < 1.29 is 9.94 Å². The first-order valence-electron chi connectivity index (χ1n) is 4.53. The van der Waals surface area contributed by atoms with Crippen LogP contribution in [0.1, 0.15) is 20.8 Å². The van der Waals surface area contributed by atoms with Gasteiger partial charge in [-0.25, -0.2) is 0 Å². The van der Waals surface area contributed by atoms with Crippen LogP contribution >= 0.6 is 11.6 Å². The van der Waals surface area contributed by atoms with Crippen molar-refractivity contribution in [3.05, 3.63) is 23.4 Å². The van der Waals surface area contributed by atoms with Crippen LogP contribution in [0.25, 0.3) is 0 Å². The predicted octanol–water partition coefficient (Wildman–Crippen LogP) is 2.32. The Hall–Kier alpha value is -0.960. The summed E-state index contributed by atoms with van der Waals surface area (Å²) in [5, 5.41) is 13.2. The highest BCUT2D eigenvalue weighted by Gasteiger charge is 2.16. The quantitative estimate of drug-likeness (QED) is 0.587. The van der Waals surface area contributed by atoms with Gasteiger partial charge in [0.2, 0.25) is 0 Å². The smallest absolute Gasteiger partial charge is 0.315 e.